The van der Waals surface area contributed by atoms with Gasteiger partial charge in [-0.3, -0.25) is 4.79 Å². The van der Waals surface area contributed by atoms with E-state index in [1.807, 2.05) is 38.1 Å². The molecule has 0 spiro atoms. The molecule has 2 aliphatic rings. The monoisotopic (exact) mass is 378 g/mol. The van der Waals surface area contributed by atoms with Crippen LogP contribution in [0.3, 0.4) is 0 Å². The number of carbonyl (C=O) groups is 1. The average Bonchev–Trinajstić information content (AvgIpc) is 3.29. The van der Waals surface area contributed by atoms with Crippen molar-refractivity contribution in [3.8, 4) is 5.75 Å². The van der Waals surface area contributed by atoms with Crippen LogP contribution in [0.1, 0.15) is 44.9 Å². The van der Waals surface area contributed by atoms with Crippen LogP contribution in [0.15, 0.2) is 28.7 Å². The fourth-order valence-electron chi connectivity index (χ4n) is 4.64. The third-order valence-corrected chi connectivity index (χ3v) is 5.90. The number of nitrogens with one attached hydrogen (secondary N) is 1. The Morgan fingerprint density at radius 3 is 2.85 bits per heavy atom. The number of amides is 1. The highest BCUT2D eigenvalue weighted by molar-refractivity contribution is 5.85. The van der Waals surface area contributed by atoms with Crippen molar-refractivity contribution >= 4 is 29.3 Å². The molecule has 1 aromatic heterocycles. The van der Waals surface area contributed by atoms with E-state index < -0.39 is 0 Å². The van der Waals surface area contributed by atoms with Crippen LogP contribution in [0.2, 0.25) is 0 Å². The maximum absolute atomic E-state index is 12.8. The lowest BCUT2D eigenvalue weighted by molar-refractivity contribution is -0.127. The van der Waals surface area contributed by atoms with Gasteiger partial charge in [-0.05, 0) is 57.1 Å². The molecule has 142 valence electrons. The normalized spacial score (nSPS) is 28.0. The zero-order valence-electron chi connectivity index (χ0n) is 15.2. The second-order valence-electron chi connectivity index (χ2n) is 7.42. The van der Waals surface area contributed by atoms with Crippen LogP contribution in [0.5, 0.6) is 5.75 Å². The van der Waals surface area contributed by atoms with E-state index in [4.69, 9.17) is 14.9 Å². The lowest BCUT2D eigenvalue weighted by Gasteiger charge is -2.28. The number of hydrogen-bond donors (Lipinski definition) is 2. The molecular weight excluding hydrogens is 352 g/mol. The molecule has 1 aromatic carbocycles. The Morgan fingerprint density at radius 2 is 2.15 bits per heavy atom. The minimum absolute atomic E-state index is 0. The number of hydrogen-bond acceptors (Lipinski definition) is 4. The van der Waals surface area contributed by atoms with Crippen LogP contribution in [0.4, 0.5) is 0 Å². The Balaban J connectivity index is 0.00000196. The van der Waals surface area contributed by atoms with E-state index in [9.17, 15) is 4.79 Å². The van der Waals surface area contributed by atoms with Gasteiger partial charge in [0, 0.05) is 11.4 Å². The Morgan fingerprint density at radius 1 is 1.38 bits per heavy atom. The number of nitrogens with two attached hydrogens (primary N) is 1. The van der Waals surface area contributed by atoms with Crippen molar-refractivity contribution in [3.63, 3.8) is 0 Å². The fourth-order valence-corrected chi connectivity index (χ4v) is 4.64. The van der Waals surface area contributed by atoms with E-state index in [-0.39, 0.29) is 36.3 Å². The summed E-state index contributed by atoms with van der Waals surface area (Å²) in [6, 6.07) is 7.63. The number of benzene rings is 1. The van der Waals surface area contributed by atoms with E-state index in [2.05, 4.69) is 5.32 Å². The van der Waals surface area contributed by atoms with Crippen LogP contribution in [0.25, 0.3) is 11.0 Å². The number of fused-ring (bicyclic) bond motifs is 3. The summed E-state index contributed by atoms with van der Waals surface area (Å²) in [6.45, 7) is 4.49. The van der Waals surface area contributed by atoms with E-state index in [0.29, 0.717) is 18.4 Å². The van der Waals surface area contributed by atoms with Crippen LogP contribution in [0, 0.1) is 17.8 Å². The van der Waals surface area contributed by atoms with Crippen molar-refractivity contribution in [3.05, 3.63) is 30.0 Å². The van der Waals surface area contributed by atoms with Gasteiger partial charge in [0.15, 0.2) is 11.3 Å². The summed E-state index contributed by atoms with van der Waals surface area (Å²) in [4.78, 5) is 12.8. The molecule has 0 aliphatic heterocycles. The Bertz CT molecular complexity index is 788. The zero-order valence-corrected chi connectivity index (χ0v) is 16.1. The highest BCUT2D eigenvalue weighted by Crippen LogP contribution is 2.47. The van der Waals surface area contributed by atoms with E-state index in [0.717, 1.165) is 35.3 Å². The Hall–Kier alpha value is -1.72. The van der Waals surface area contributed by atoms with Gasteiger partial charge in [-0.2, -0.15) is 0 Å². The highest BCUT2D eigenvalue weighted by Gasteiger charge is 2.49. The predicted molar refractivity (Wildman–Crippen MR) is 103 cm³/mol. The summed E-state index contributed by atoms with van der Waals surface area (Å²) in [7, 11) is 0. The van der Waals surface area contributed by atoms with Gasteiger partial charge in [-0.15, -0.1) is 12.4 Å². The van der Waals surface area contributed by atoms with Gasteiger partial charge in [0.2, 0.25) is 5.91 Å². The second kappa shape index (κ2) is 7.49. The lowest BCUT2D eigenvalue weighted by atomic mass is 9.84. The van der Waals surface area contributed by atoms with Gasteiger partial charge in [0.25, 0.3) is 0 Å². The first-order valence-corrected chi connectivity index (χ1v) is 9.29. The van der Waals surface area contributed by atoms with Crippen molar-refractivity contribution in [2.45, 2.75) is 45.2 Å². The summed E-state index contributed by atoms with van der Waals surface area (Å²) in [5.41, 5.74) is 7.03. The fraction of sp³-hybridized carbons (Fsp3) is 0.550. The molecule has 2 aliphatic carbocycles. The average molecular weight is 379 g/mol. The molecule has 1 amide bonds. The Kier molecular flexibility index (Phi) is 5.49. The third-order valence-electron chi connectivity index (χ3n) is 5.90. The molecule has 5 unspecified atom stereocenters. The summed E-state index contributed by atoms with van der Waals surface area (Å²) in [5.74, 6) is 2.47. The van der Waals surface area contributed by atoms with Crippen molar-refractivity contribution in [1.29, 1.82) is 0 Å². The van der Waals surface area contributed by atoms with Gasteiger partial charge in [0.1, 0.15) is 5.76 Å². The summed E-state index contributed by atoms with van der Waals surface area (Å²) < 4.78 is 11.6. The van der Waals surface area contributed by atoms with Crippen LogP contribution >= 0.6 is 12.4 Å². The van der Waals surface area contributed by atoms with Crippen LogP contribution < -0.4 is 15.8 Å². The van der Waals surface area contributed by atoms with Crippen molar-refractivity contribution in [2.24, 2.45) is 23.5 Å². The molecule has 2 bridgehead atoms. The zero-order chi connectivity index (χ0) is 17.6. The summed E-state index contributed by atoms with van der Waals surface area (Å²) >= 11 is 0. The smallest absolute Gasteiger partial charge is 0.225 e. The number of rotatable bonds is 5. The molecule has 2 aromatic rings. The molecular formula is C20H27ClN2O3. The van der Waals surface area contributed by atoms with Crippen LogP contribution in [-0.4, -0.2) is 18.6 Å². The van der Waals surface area contributed by atoms with Gasteiger partial charge in [-0.1, -0.05) is 12.1 Å². The van der Waals surface area contributed by atoms with Crippen molar-refractivity contribution in [1.82, 2.24) is 5.32 Å². The number of ether oxygens (including phenoxy) is 1. The first kappa shape index (κ1) is 19.1. The summed E-state index contributed by atoms with van der Waals surface area (Å²) in [5, 5.41) is 4.10. The van der Waals surface area contributed by atoms with Gasteiger partial charge in [-0.25, -0.2) is 0 Å². The molecule has 5 atom stereocenters. The molecule has 6 heteroatoms. The van der Waals surface area contributed by atoms with Crippen LogP contribution in [-0.2, 0) is 4.79 Å². The van der Waals surface area contributed by atoms with Gasteiger partial charge in [0.05, 0.1) is 18.6 Å². The minimum Gasteiger partial charge on any atom is -0.490 e. The molecule has 26 heavy (non-hydrogen) atoms. The largest absolute Gasteiger partial charge is 0.490 e. The first-order chi connectivity index (χ1) is 12.1. The summed E-state index contributed by atoms with van der Waals surface area (Å²) in [6.07, 6.45) is 3.41. The van der Waals surface area contributed by atoms with E-state index in [1.54, 1.807) is 0 Å². The first-order valence-electron chi connectivity index (χ1n) is 9.29. The number of halogens is 1. The molecule has 5 nitrogen and oxygen atoms in total. The molecule has 2 saturated carbocycles. The number of furan rings is 1. The standard InChI is InChI=1S/C20H26N2O3.ClH/c1-3-24-15-6-4-5-14-10-16(25-19(14)15)11(2)22-20(23)17-12-7-8-13(9-12)18(17)21;/h4-6,10-13,17-18H,3,7-9,21H2,1-2H3,(H,22,23);1H. The van der Waals surface area contributed by atoms with Crippen molar-refractivity contribution in [2.75, 3.05) is 6.61 Å². The molecule has 2 fully saturated rings. The number of carbonyl (C=O) groups excluding carboxylic acids is 1. The molecule has 0 saturated heterocycles. The second-order valence-corrected chi connectivity index (χ2v) is 7.42. The Labute approximate surface area is 160 Å². The third kappa shape index (κ3) is 3.19. The SMILES string of the molecule is CCOc1cccc2cc(C(C)NC(=O)C3C4CCC(C4)C3N)oc12.Cl. The highest BCUT2D eigenvalue weighted by atomic mass is 35.5. The molecule has 1 heterocycles. The van der Waals surface area contributed by atoms with Crippen molar-refractivity contribution < 1.29 is 13.9 Å². The van der Waals surface area contributed by atoms with E-state index >= 15 is 0 Å². The topological polar surface area (TPSA) is 77.5 Å². The molecule has 0 radical (unpaired) electrons. The van der Waals surface area contributed by atoms with Gasteiger partial charge < -0.3 is 20.2 Å². The van der Waals surface area contributed by atoms with E-state index in [1.165, 1.54) is 6.42 Å². The lowest BCUT2D eigenvalue weighted by Crippen LogP contribution is -2.45. The predicted octanol–water partition coefficient (Wildman–Crippen LogP) is 3.80. The molecule has 4 rings (SSSR count). The number of para-hydroxylation sites is 1. The maximum atomic E-state index is 12.8. The minimum atomic E-state index is -0.194. The quantitative estimate of drug-likeness (QED) is 0.829. The van der Waals surface area contributed by atoms with Gasteiger partial charge >= 0.3 is 0 Å². The molecule has 3 N–H and O–H groups in total. The maximum Gasteiger partial charge on any atom is 0.225 e.